The zero-order chi connectivity index (χ0) is 11.1. The number of amides is 1. The van der Waals surface area contributed by atoms with Crippen LogP contribution in [0.15, 0.2) is 48.7 Å². The van der Waals surface area contributed by atoms with E-state index in [9.17, 15) is 9.59 Å². The maximum atomic E-state index is 11.3. The van der Waals surface area contributed by atoms with E-state index in [4.69, 9.17) is 0 Å². The van der Waals surface area contributed by atoms with Gasteiger partial charge in [-0.25, -0.2) is 0 Å². The van der Waals surface area contributed by atoms with Gasteiger partial charge in [0.25, 0.3) is 5.91 Å². The molecule has 15 heavy (non-hydrogen) atoms. The Morgan fingerprint density at radius 1 is 1.33 bits per heavy atom. The number of carbonyl (C=O) groups excluding carboxylic acids is 2. The summed E-state index contributed by atoms with van der Waals surface area (Å²) in [6.07, 6.45) is 4.27. The highest BCUT2D eigenvalue weighted by atomic mass is 16.2. The van der Waals surface area contributed by atoms with E-state index in [1.807, 2.05) is 18.2 Å². The van der Waals surface area contributed by atoms with Crippen LogP contribution in [0.1, 0.15) is 5.56 Å². The molecule has 0 bridgehead atoms. The zero-order valence-electron chi connectivity index (χ0n) is 8.07. The summed E-state index contributed by atoms with van der Waals surface area (Å²) < 4.78 is 0. The van der Waals surface area contributed by atoms with Gasteiger partial charge in [0.05, 0.1) is 5.57 Å². The molecular weight excluding hydrogens is 190 g/mol. The second kappa shape index (κ2) is 5.54. The molecule has 3 heteroatoms. The quantitative estimate of drug-likeness (QED) is 0.454. The Balaban J connectivity index is 2.92. The van der Waals surface area contributed by atoms with Gasteiger partial charge in [-0.1, -0.05) is 36.9 Å². The zero-order valence-corrected chi connectivity index (χ0v) is 8.07. The van der Waals surface area contributed by atoms with Crippen LogP contribution in [0, 0.1) is 0 Å². The Morgan fingerprint density at radius 3 is 2.53 bits per heavy atom. The molecule has 1 radical (unpaired) electrons. The minimum Gasteiger partial charge on any atom is -0.329 e. The molecule has 75 valence electrons. The average molecular weight is 200 g/mol. The minimum absolute atomic E-state index is 0.0545. The number of hydrogen-bond acceptors (Lipinski definition) is 2. The second-order valence-electron chi connectivity index (χ2n) is 2.75. The van der Waals surface area contributed by atoms with E-state index in [0.29, 0.717) is 0 Å². The molecule has 1 N–H and O–H groups in total. The summed E-state index contributed by atoms with van der Waals surface area (Å²) in [6.45, 7) is 3.34. The van der Waals surface area contributed by atoms with Crippen molar-refractivity contribution >= 4 is 18.3 Å². The molecule has 0 spiro atoms. The Labute approximate surface area is 88.1 Å². The van der Waals surface area contributed by atoms with Gasteiger partial charge in [-0.05, 0) is 17.8 Å². The monoisotopic (exact) mass is 200 g/mol. The molecule has 0 aliphatic rings. The Hall–Kier alpha value is -2.16. The number of nitrogens with one attached hydrogen (secondary N) is 1. The SMILES string of the molecule is C=CNC(=O)C([C]=O)=Cc1ccccc1. The summed E-state index contributed by atoms with van der Waals surface area (Å²) in [6, 6.07) is 9.07. The summed E-state index contributed by atoms with van der Waals surface area (Å²) >= 11 is 0. The van der Waals surface area contributed by atoms with Gasteiger partial charge in [0, 0.05) is 0 Å². The lowest BCUT2D eigenvalue weighted by Gasteiger charge is -1.97. The summed E-state index contributed by atoms with van der Waals surface area (Å²) in [5, 5.41) is 2.31. The smallest absolute Gasteiger partial charge is 0.259 e. The fourth-order valence-electron chi connectivity index (χ4n) is 1.03. The van der Waals surface area contributed by atoms with E-state index in [0.717, 1.165) is 5.56 Å². The third-order valence-electron chi connectivity index (χ3n) is 1.70. The second-order valence-corrected chi connectivity index (χ2v) is 2.75. The Kier molecular flexibility index (Phi) is 4.04. The summed E-state index contributed by atoms with van der Waals surface area (Å²) in [5.41, 5.74) is 0.719. The summed E-state index contributed by atoms with van der Waals surface area (Å²) in [7, 11) is 0. The lowest BCUT2D eigenvalue weighted by Crippen LogP contribution is -2.19. The van der Waals surface area contributed by atoms with Crippen molar-refractivity contribution in [1.82, 2.24) is 5.32 Å². The third kappa shape index (κ3) is 3.23. The fraction of sp³-hybridized carbons (Fsp3) is 0. The minimum atomic E-state index is -0.510. The lowest BCUT2D eigenvalue weighted by atomic mass is 10.1. The highest BCUT2D eigenvalue weighted by Crippen LogP contribution is 2.04. The largest absolute Gasteiger partial charge is 0.329 e. The van der Waals surface area contributed by atoms with Crippen molar-refractivity contribution in [3.63, 3.8) is 0 Å². The number of carbonyl (C=O) groups is 1. The van der Waals surface area contributed by atoms with Gasteiger partial charge in [-0.2, -0.15) is 0 Å². The summed E-state index contributed by atoms with van der Waals surface area (Å²) in [5.74, 6) is -0.510. The summed E-state index contributed by atoms with van der Waals surface area (Å²) in [4.78, 5) is 21.8. The molecule has 1 aromatic carbocycles. The lowest BCUT2D eigenvalue weighted by molar-refractivity contribution is -0.116. The normalized spacial score (nSPS) is 10.5. The van der Waals surface area contributed by atoms with Crippen LogP contribution in [0.3, 0.4) is 0 Å². The van der Waals surface area contributed by atoms with Gasteiger partial charge in [0.2, 0.25) is 6.29 Å². The number of rotatable bonds is 4. The van der Waals surface area contributed by atoms with Gasteiger partial charge in [-0.15, -0.1) is 0 Å². The average Bonchev–Trinajstić information content (AvgIpc) is 2.27. The number of benzene rings is 1. The molecule has 0 heterocycles. The Bertz CT molecular complexity index is 393. The van der Waals surface area contributed by atoms with E-state index < -0.39 is 5.91 Å². The standard InChI is InChI=1S/C12H10NO2/c1-2-13-12(15)11(9-14)8-10-6-4-3-5-7-10/h2-8H,1H2,(H,13,15). The van der Waals surface area contributed by atoms with Crippen LogP contribution in [-0.4, -0.2) is 12.2 Å². The van der Waals surface area contributed by atoms with E-state index in [1.54, 1.807) is 18.4 Å². The molecule has 0 aliphatic carbocycles. The molecule has 1 aromatic rings. The predicted octanol–water partition coefficient (Wildman–Crippen LogP) is 1.44. The first kappa shape index (κ1) is 10.9. The van der Waals surface area contributed by atoms with Crippen molar-refractivity contribution in [3.8, 4) is 0 Å². The van der Waals surface area contributed by atoms with Gasteiger partial charge < -0.3 is 5.32 Å². The highest BCUT2D eigenvalue weighted by molar-refractivity contribution is 6.14. The number of hydrogen-bond donors (Lipinski definition) is 1. The Morgan fingerprint density at radius 2 is 2.00 bits per heavy atom. The third-order valence-corrected chi connectivity index (χ3v) is 1.70. The van der Waals surface area contributed by atoms with Crippen molar-refractivity contribution in [1.29, 1.82) is 0 Å². The maximum Gasteiger partial charge on any atom is 0.259 e. The van der Waals surface area contributed by atoms with Crippen molar-refractivity contribution in [2.24, 2.45) is 0 Å². The molecule has 0 saturated heterocycles. The first-order chi connectivity index (χ1) is 7.27. The van der Waals surface area contributed by atoms with Crippen molar-refractivity contribution in [3.05, 3.63) is 54.2 Å². The molecular formula is C12H10NO2. The van der Waals surface area contributed by atoms with Crippen LogP contribution in [0.25, 0.3) is 6.08 Å². The van der Waals surface area contributed by atoms with Crippen molar-refractivity contribution < 1.29 is 9.59 Å². The fourth-order valence-corrected chi connectivity index (χ4v) is 1.03. The van der Waals surface area contributed by atoms with E-state index in [1.165, 1.54) is 12.3 Å². The van der Waals surface area contributed by atoms with E-state index >= 15 is 0 Å². The van der Waals surface area contributed by atoms with Crippen LogP contribution < -0.4 is 5.32 Å². The van der Waals surface area contributed by atoms with Crippen molar-refractivity contribution in [2.75, 3.05) is 0 Å². The van der Waals surface area contributed by atoms with Gasteiger partial charge in [-0.3, -0.25) is 9.59 Å². The van der Waals surface area contributed by atoms with Crippen LogP contribution in [0.4, 0.5) is 0 Å². The topological polar surface area (TPSA) is 46.2 Å². The molecule has 0 aromatic heterocycles. The van der Waals surface area contributed by atoms with Crippen LogP contribution >= 0.6 is 0 Å². The van der Waals surface area contributed by atoms with Crippen LogP contribution in [-0.2, 0) is 9.59 Å². The molecule has 0 saturated carbocycles. The first-order valence-corrected chi connectivity index (χ1v) is 4.34. The maximum absolute atomic E-state index is 11.3. The molecule has 0 aliphatic heterocycles. The molecule has 3 nitrogen and oxygen atoms in total. The molecule has 0 atom stereocenters. The molecule has 0 fully saturated rings. The van der Waals surface area contributed by atoms with Gasteiger partial charge in [0.15, 0.2) is 0 Å². The molecule has 1 amide bonds. The van der Waals surface area contributed by atoms with Crippen LogP contribution in [0.5, 0.6) is 0 Å². The molecule has 1 rings (SSSR count). The van der Waals surface area contributed by atoms with Gasteiger partial charge in [0.1, 0.15) is 0 Å². The van der Waals surface area contributed by atoms with E-state index in [-0.39, 0.29) is 5.57 Å². The van der Waals surface area contributed by atoms with Crippen LogP contribution in [0.2, 0.25) is 0 Å². The predicted molar refractivity (Wildman–Crippen MR) is 58.5 cm³/mol. The van der Waals surface area contributed by atoms with Crippen molar-refractivity contribution in [2.45, 2.75) is 0 Å². The van der Waals surface area contributed by atoms with Gasteiger partial charge >= 0.3 is 0 Å². The highest BCUT2D eigenvalue weighted by Gasteiger charge is 2.06. The first-order valence-electron chi connectivity index (χ1n) is 4.34. The van der Waals surface area contributed by atoms with E-state index in [2.05, 4.69) is 11.9 Å². The molecule has 0 unspecified atom stereocenters.